The minimum absolute atomic E-state index is 0.199. The highest BCUT2D eigenvalue weighted by Gasteiger charge is 2.15. The molecule has 1 heterocycles. The van der Waals surface area contributed by atoms with E-state index in [-0.39, 0.29) is 5.54 Å². The van der Waals surface area contributed by atoms with Crippen LogP contribution in [0.1, 0.15) is 18.7 Å². The average molecular weight is 248 g/mol. The number of halogens is 1. The van der Waals surface area contributed by atoms with Crippen LogP contribution in [0.4, 0.5) is 0 Å². The maximum Gasteiger partial charge on any atom is 0.0701 e. The second kappa shape index (κ2) is 3.90. The Morgan fingerprint density at radius 1 is 1.50 bits per heavy atom. The van der Waals surface area contributed by atoms with Gasteiger partial charge in [0.05, 0.1) is 3.79 Å². The van der Waals surface area contributed by atoms with Gasteiger partial charge >= 0.3 is 0 Å². The molecule has 0 aliphatic rings. The predicted molar refractivity (Wildman–Crippen MR) is 58.9 cm³/mol. The third kappa shape index (κ3) is 2.88. The largest absolute Gasteiger partial charge is 0.314 e. The Balaban J connectivity index is 2.63. The van der Waals surface area contributed by atoms with Crippen molar-refractivity contribution in [1.29, 1.82) is 0 Å². The first kappa shape index (κ1) is 10.2. The van der Waals surface area contributed by atoms with Crippen LogP contribution < -0.4 is 5.32 Å². The zero-order valence-corrected chi connectivity index (χ0v) is 10.1. The van der Waals surface area contributed by atoms with E-state index in [4.69, 9.17) is 0 Å². The molecule has 0 bridgehead atoms. The quantitative estimate of drug-likeness (QED) is 0.866. The molecule has 0 aromatic carbocycles. The number of likely N-dealkylation sites (N-methyl/N-ethyl adjacent to an activating group) is 1. The molecule has 0 unspecified atom stereocenters. The molecule has 0 aliphatic carbocycles. The van der Waals surface area contributed by atoms with E-state index in [0.717, 1.165) is 6.42 Å². The number of rotatable bonds is 3. The predicted octanol–water partition coefficient (Wildman–Crippen LogP) is 3.05. The highest BCUT2D eigenvalue weighted by molar-refractivity contribution is 9.11. The summed E-state index contributed by atoms with van der Waals surface area (Å²) in [5.74, 6) is 0. The Morgan fingerprint density at radius 2 is 2.17 bits per heavy atom. The van der Waals surface area contributed by atoms with Crippen LogP contribution in [0.25, 0.3) is 0 Å². The molecule has 0 atom stereocenters. The molecule has 0 spiro atoms. The normalized spacial score (nSPS) is 12.0. The van der Waals surface area contributed by atoms with Gasteiger partial charge in [0.25, 0.3) is 0 Å². The molecule has 0 saturated carbocycles. The van der Waals surface area contributed by atoms with Gasteiger partial charge in [0.15, 0.2) is 0 Å². The van der Waals surface area contributed by atoms with Crippen LogP contribution in [0.15, 0.2) is 15.9 Å². The van der Waals surface area contributed by atoms with Crippen LogP contribution in [0.3, 0.4) is 0 Å². The van der Waals surface area contributed by atoms with Crippen LogP contribution in [-0.4, -0.2) is 12.6 Å². The first-order chi connectivity index (χ1) is 5.53. The summed E-state index contributed by atoms with van der Waals surface area (Å²) in [5.41, 5.74) is 0.199. The van der Waals surface area contributed by atoms with Crippen molar-refractivity contribution in [1.82, 2.24) is 5.32 Å². The molecule has 0 fully saturated rings. The van der Waals surface area contributed by atoms with E-state index in [1.807, 2.05) is 7.05 Å². The van der Waals surface area contributed by atoms with Crippen molar-refractivity contribution in [2.45, 2.75) is 25.8 Å². The molecule has 12 heavy (non-hydrogen) atoms. The number of nitrogens with one attached hydrogen (secondary N) is 1. The Labute approximate surface area is 86.3 Å². The molecule has 0 saturated heterocycles. The van der Waals surface area contributed by atoms with Gasteiger partial charge in [0.1, 0.15) is 0 Å². The number of thiophene rings is 1. The second-order valence-corrected chi connectivity index (χ2v) is 6.06. The van der Waals surface area contributed by atoms with Crippen molar-refractivity contribution in [3.8, 4) is 0 Å². The van der Waals surface area contributed by atoms with Crippen LogP contribution in [0, 0.1) is 0 Å². The van der Waals surface area contributed by atoms with Gasteiger partial charge in [-0.05, 0) is 55.4 Å². The standard InChI is InChI=1S/C9H14BrNS/c1-9(2,11-3)6-7-4-5-8(10)12-7/h4-5,11H,6H2,1-3H3. The molecule has 1 nitrogen and oxygen atoms in total. The van der Waals surface area contributed by atoms with Crippen LogP contribution in [-0.2, 0) is 6.42 Å². The minimum atomic E-state index is 0.199. The Bertz CT molecular complexity index is 255. The zero-order chi connectivity index (χ0) is 9.19. The zero-order valence-electron chi connectivity index (χ0n) is 7.65. The average Bonchev–Trinajstić information content (AvgIpc) is 2.35. The fourth-order valence-corrected chi connectivity index (χ4v) is 2.68. The van der Waals surface area contributed by atoms with Gasteiger partial charge in [0, 0.05) is 10.4 Å². The van der Waals surface area contributed by atoms with Crippen molar-refractivity contribution in [3.05, 3.63) is 20.8 Å². The van der Waals surface area contributed by atoms with E-state index >= 15 is 0 Å². The summed E-state index contributed by atoms with van der Waals surface area (Å²) in [6, 6.07) is 4.28. The lowest BCUT2D eigenvalue weighted by Gasteiger charge is -2.22. The highest BCUT2D eigenvalue weighted by Crippen LogP contribution is 2.25. The lowest BCUT2D eigenvalue weighted by atomic mass is 10.0. The monoisotopic (exact) mass is 247 g/mol. The topological polar surface area (TPSA) is 12.0 Å². The van der Waals surface area contributed by atoms with Crippen molar-refractivity contribution in [2.75, 3.05) is 7.05 Å². The Kier molecular flexibility index (Phi) is 3.32. The number of hydrogen-bond donors (Lipinski definition) is 1. The third-order valence-electron chi connectivity index (χ3n) is 1.92. The summed E-state index contributed by atoms with van der Waals surface area (Å²) in [4.78, 5) is 1.42. The molecule has 1 aromatic rings. The van der Waals surface area contributed by atoms with E-state index in [9.17, 15) is 0 Å². The van der Waals surface area contributed by atoms with Crippen molar-refractivity contribution < 1.29 is 0 Å². The van der Waals surface area contributed by atoms with Crippen molar-refractivity contribution in [3.63, 3.8) is 0 Å². The van der Waals surface area contributed by atoms with Gasteiger partial charge in [-0.2, -0.15) is 0 Å². The molecular weight excluding hydrogens is 234 g/mol. The molecule has 0 amide bonds. The van der Waals surface area contributed by atoms with Gasteiger partial charge in [-0.25, -0.2) is 0 Å². The van der Waals surface area contributed by atoms with Gasteiger partial charge < -0.3 is 5.32 Å². The summed E-state index contributed by atoms with van der Waals surface area (Å²) >= 11 is 5.27. The fraction of sp³-hybridized carbons (Fsp3) is 0.556. The summed E-state index contributed by atoms with van der Waals surface area (Å²) in [6.07, 6.45) is 1.08. The SMILES string of the molecule is CNC(C)(C)Cc1ccc(Br)s1. The molecular formula is C9H14BrNS. The van der Waals surface area contributed by atoms with Gasteiger partial charge in [0.2, 0.25) is 0 Å². The molecule has 3 heteroatoms. The molecule has 1 rings (SSSR count). The molecule has 68 valence electrons. The van der Waals surface area contributed by atoms with Crippen molar-refractivity contribution in [2.24, 2.45) is 0 Å². The minimum Gasteiger partial charge on any atom is -0.314 e. The van der Waals surface area contributed by atoms with Crippen LogP contribution in [0.5, 0.6) is 0 Å². The highest BCUT2D eigenvalue weighted by atomic mass is 79.9. The fourth-order valence-electron chi connectivity index (χ4n) is 0.971. The Hall–Kier alpha value is 0.140. The molecule has 0 radical (unpaired) electrons. The van der Waals surface area contributed by atoms with Gasteiger partial charge in [-0.3, -0.25) is 0 Å². The third-order valence-corrected chi connectivity index (χ3v) is 3.55. The summed E-state index contributed by atoms with van der Waals surface area (Å²) in [5, 5.41) is 3.29. The first-order valence-corrected chi connectivity index (χ1v) is 5.57. The lowest BCUT2D eigenvalue weighted by molar-refractivity contribution is 0.425. The Morgan fingerprint density at radius 3 is 2.58 bits per heavy atom. The first-order valence-electron chi connectivity index (χ1n) is 3.97. The molecule has 1 aromatic heterocycles. The van der Waals surface area contributed by atoms with Crippen LogP contribution >= 0.6 is 27.3 Å². The molecule has 0 aliphatic heterocycles. The maximum absolute atomic E-state index is 3.46. The van der Waals surface area contributed by atoms with Gasteiger partial charge in [-0.1, -0.05) is 0 Å². The van der Waals surface area contributed by atoms with Crippen molar-refractivity contribution >= 4 is 27.3 Å². The van der Waals surface area contributed by atoms with Gasteiger partial charge in [-0.15, -0.1) is 11.3 Å². The van der Waals surface area contributed by atoms with E-state index in [0.29, 0.717) is 0 Å². The van der Waals surface area contributed by atoms with E-state index < -0.39 is 0 Å². The second-order valence-electron chi connectivity index (χ2n) is 3.52. The van der Waals surface area contributed by atoms with Crippen LogP contribution in [0.2, 0.25) is 0 Å². The smallest absolute Gasteiger partial charge is 0.0701 e. The summed E-state index contributed by atoms with van der Waals surface area (Å²) < 4.78 is 1.21. The van der Waals surface area contributed by atoms with E-state index in [1.165, 1.54) is 8.66 Å². The lowest BCUT2D eigenvalue weighted by Crippen LogP contribution is -2.38. The maximum atomic E-state index is 3.46. The summed E-state index contributed by atoms with van der Waals surface area (Å²) in [6.45, 7) is 4.42. The number of hydrogen-bond acceptors (Lipinski definition) is 2. The summed E-state index contributed by atoms with van der Waals surface area (Å²) in [7, 11) is 2.00. The molecule has 1 N–H and O–H groups in total. The van der Waals surface area contributed by atoms with E-state index in [1.54, 1.807) is 11.3 Å². The van der Waals surface area contributed by atoms with E-state index in [2.05, 4.69) is 47.2 Å².